The summed E-state index contributed by atoms with van der Waals surface area (Å²) in [4.78, 5) is 25.2. The van der Waals surface area contributed by atoms with Crippen molar-refractivity contribution in [3.8, 4) is 0 Å². The third-order valence-corrected chi connectivity index (χ3v) is 3.60. The molecule has 3 unspecified atom stereocenters. The predicted molar refractivity (Wildman–Crippen MR) is 55.8 cm³/mol. The van der Waals surface area contributed by atoms with E-state index in [9.17, 15) is 9.59 Å². The van der Waals surface area contributed by atoms with Crippen LogP contribution in [0.3, 0.4) is 0 Å². The van der Waals surface area contributed by atoms with Crippen molar-refractivity contribution in [3.63, 3.8) is 0 Å². The molecule has 2 bridgehead atoms. The number of carbonyl (C=O) groups excluding carboxylic acids is 2. The van der Waals surface area contributed by atoms with Crippen LogP contribution in [0.15, 0.2) is 0 Å². The smallest absolute Gasteiger partial charge is 0.232 e. The lowest BCUT2D eigenvalue weighted by atomic mass is 9.96. The third-order valence-electron chi connectivity index (χ3n) is 3.60. The Bertz CT molecular complexity index is 268. The molecule has 0 aromatic rings. The van der Waals surface area contributed by atoms with Crippen molar-refractivity contribution in [3.05, 3.63) is 0 Å². The zero-order chi connectivity index (χ0) is 11.0. The third kappa shape index (κ3) is 1.78. The van der Waals surface area contributed by atoms with E-state index in [4.69, 9.17) is 5.73 Å². The van der Waals surface area contributed by atoms with Gasteiger partial charge in [-0.2, -0.15) is 0 Å². The molecule has 1 aliphatic carbocycles. The van der Waals surface area contributed by atoms with Crippen LogP contribution in [0.25, 0.3) is 0 Å². The molecular weight excluding hydrogens is 192 g/mol. The Balaban J connectivity index is 2.10. The van der Waals surface area contributed by atoms with Gasteiger partial charge in [0.05, 0.1) is 0 Å². The Morgan fingerprint density at radius 1 is 1.33 bits per heavy atom. The summed E-state index contributed by atoms with van der Waals surface area (Å²) in [6, 6.07) is -0.0737. The highest BCUT2D eigenvalue weighted by atomic mass is 16.2. The number of nitrogens with zero attached hydrogens (tertiary/aromatic N) is 1. The van der Waals surface area contributed by atoms with Crippen LogP contribution in [0.2, 0.25) is 0 Å². The number of hydrogen-bond donors (Lipinski definition) is 1. The van der Waals surface area contributed by atoms with Crippen molar-refractivity contribution >= 4 is 11.8 Å². The number of hydrogen-bond acceptors (Lipinski definition) is 3. The van der Waals surface area contributed by atoms with E-state index in [-0.39, 0.29) is 29.7 Å². The van der Waals surface area contributed by atoms with E-state index in [1.807, 2.05) is 6.92 Å². The first-order chi connectivity index (χ1) is 7.13. The number of amides is 2. The van der Waals surface area contributed by atoms with Gasteiger partial charge in [-0.05, 0) is 25.7 Å². The number of piperidine rings is 1. The van der Waals surface area contributed by atoms with Gasteiger partial charge in [0.1, 0.15) is 0 Å². The molecule has 2 rings (SSSR count). The quantitative estimate of drug-likeness (QED) is 0.690. The molecule has 0 aromatic carbocycles. The Morgan fingerprint density at radius 2 is 1.87 bits per heavy atom. The molecule has 2 amide bonds. The number of imide groups is 1. The molecule has 2 aliphatic rings. The average molecular weight is 210 g/mol. The standard InChI is InChI=1S/C11H18N2O2/c1-2-9(12)6-13-10(14)7-3-4-8(5-7)11(13)15/h7-9H,2-6,12H2,1H3. The maximum Gasteiger partial charge on any atom is 0.232 e. The molecule has 0 radical (unpaired) electrons. The van der Waals surface area contributed by atoms with Gasteiger partial charge in [-0.15, -0.1) is 0 Å². The molecule has 2 fully saturated rings. The maximum absolute atomic E-state index is 11.9. The number of rotatable bonds is 3. The summed E-state index contributed by atoms with van der Waals surface area (Å²) >= 11 is 0. The second-order valence-electron chi connectivity index (χ2n) is 4.66. The molecule has 15 heavy (non-hydrogen) atoms. The molecule has 0 spiro atoms. The van der Waals surface area contributed by atoms with Crippen molar-refractivity contribution in [2.75, 3.05) is 6.54 Å². The van der Waals surface area contributed by atoms with E-state index in [0.29, 0.717) is 6.54 Å². The van der Waals surface area contributed by atoms with Crippen LogP contribution < -0.4 is 5.73 Å². The van der Waals surface area contributed by atoms with Crippen molar-refractivity contribution in [1.29, 1.82) is 0 Å². The minimum Gasteiger partial charge on any atom is -0.326 e. The van der Waals surface area contributed by atoms with E-state index in [0.717, 1.165) is 25.7 Å². The van der Waals surface area contributed by atoms with E-state index < -0.39 is 0 Å². The Kier molecular flexibility index (Phi) is 2.78. The number of likely N-dealkylation sites (tertiary alicyclic amines) is 1. The number of nitrogens with two attached hydrogens (primary N) is 1. The zero-order valence-electron chi connectivity index (χ0n) is 9.11. The van der Waals surface area contributed by atoms with Crippen LogP contribution in [-0.2, 0) is 9.59 Å². The van der Waals surface area contributed by atoms with Crippen LogP contribution in [0.4, 0.5) is 0 Å². The minimum atomic E-state index is -0.0737. The fourth-order valence-corrected chi connectivity index (χ4v) is 2.52. The van der Waals surface area contributed by atoms with Gasteiger partial charge in [0.25, 0.3) is 0 Å². The lowest BCUT2D eigenvalue weighted by molar-refractivity contribution is -0.153. The van der Waals surface area contributed by atoms with Crippen molar-refractivity contribution in [2.45, 2.75) is 38.6 Å². The summed E-state index contributed by atoms with van der Waals surface area (Å²) in [6.45, 7) is 2.37. The van der Waals surface area contributed by atoms with Gasteiger partial charge < -0.3 is 5.73 Å². The van der Waals surface area contributed by atoms with E-state index in [1.54, 1.807) is 0 Å². The highest BCUT2D eigenvalue weighted by molar-refractivity contribution is 6.00. The topological polar surface area (TPSA) is 63.4 Å². The van der Waals surface area contributed by atoms with Crippen molar-refractivity contribution in [1.82, 2.24) is 4.90 Å². The predicted octanol–water partition coefficient (Wildman–Crippen LogP) is 0.509. The summed E-state index contributed by atoms with van der Waals surface area (Å²) in [7, 11) is 0. The molecule has 84 valence electrons. The number of fused-ring (bicyclic) bond motifs is 2. The van der Waals surface area contributed by atoms with Crippen LogP contribution in [0, 0.1) is 11.8 Å². The molecule has 4 nitrogen and oxygen atoms in total. The molecule has 2 N–H and O–H groups in total. The Labute approximate surface area is 89.8 Å². The van der Waals surface area contributed by atoms with Gasteiger partial charge in [0.15, 0.2) is 0 Å². The molecule has 1 saturated carbocycles. The van der Waals surface area contributed by atoms with Gasteiger partial charge in [-0.1, -0.05) is 6.92 Å². The average Bonchev–Trinajstić information content (AvgIpc) is 2.68. The normalized spacial score (nSPS) is 32.3. The molecule has 4 heteroatoms. The first-order valence-electron chi connectivity index (χ1n) is 5.74. The summed E-state index contributed by atoms with van der Waals surface area (Å²) in [5.41, 5.74) is 5.79. The number of carbonyl (C=O) groups is 2. The SMILES string of the molecule is CCC(N)CN1C(=O)C2CCC(C2)C1=O. The summed E-state index contributed by atoms with van der Waals surface area (Å²) in [5, 5.41) is 0. The summed E-state index contributed by atoms with van der Waals surface area (Å²) < 4.78 is 0. The molecular formula is C11H18N2O2. The van der Waals surface area contributed by atoms with Crippen LogP contribution in [0.1, 0.15) is 32.6 Å². The van der Waals surface area contributed by atoms with Crippen molar-refractivity contribution < 1.29 is 9.59 Å². The minimum absolute atomic E-state index is 0.0117. The second-order valence-corrected chi connectivity index (χ2v) is 4.66. The lowest BCUT2D eigenvalue weighted by Gasteiger charge is -2.31. The van der Waals surface area contributed by atoms with E-state index in [1.165, 1.54) is 4.90 Å². The molecule has 1 aliphatic heterocycles. The van der Waals surface area contributed by atoms with Crippen molar-refractivity contribution in [2.24, 2.45) is 17.6 Å². The second kappa shape index (κ2) is 3.93. The van der Waals surface area contributed by atoms with E-state index in [2.05, 4.69) is 0 Å². The Hall–Kier alpha value is -0.900. The van der Waals surface area contributed by atoms with Crippen LogP contribution in [0.5, 0.6) is 0 Å². The van der Waals surface area contributed by atoms with E-state index >= 15 is 0 Å². The maximum atomic E-state index is 11.9. The van der Waals surface area contributed by atoms with Gasteiger partial charge in [-0.3, -0.25) is 14.5 Å². The fraction of sp³-hybridized carbons (Fsp3) is 0.818. The van der Waals surface area contributed by atoms with Gasteiger partial charge in [0.2, 0.25) is 11.8 Å². The Morgan fingerprint density at radius 3 is 2.33 bits per heavy atom. The summed E-state index contributed by atoms with van der Waals surface area (Å²) in [6.07, 6.45) is 3.34. The van der Waals surface area contributed by atoms with Crippen LogP contribution in [-0.4, -0.2) is 29.3 Å². The lowest BCUT2D eigenvalue weighted by Crippen LogP contribution is -2.50. The van der Waals surface area contributed by atoms with Gasteiger partial charge in [0, 0.05) is 24.4 Å². The highest BCUT2D eigenvalue weighted by Gasteiger charge is 2.45. The first-order valence-corrected chi connectivity index (χ1v) is 5.74. The highest BCUT2D eigenvalue weighted by Crippen LogP contribution is 2.38. The summed E-state index contributed by atoms with van der Waals surface area (Å²) in [5.74, 6) is 0.212. The van der Waals surface area contributed by atoms with Crippen LogP contribution >= 0.6 is 0 Å². The van der Waals surface area contributed by atoms with Gasteiger partial charge in [-0.25, -0.2) is 0 Å². The molecule has 1 heterocycles. The largest absolute Gasteiger partial charge is 0.326 e. The first kappa shape index (κ1) is 10.6. The van der Waals surface area contributed by atoms with Gasteiger partial charge >= 0.3 is 0 Å². The molecule has 1 saturated heterocycles. The fourth-order valence-electron chi connectivity index (χ4n) is 2.52. The monoisotopic (exact) mass is 210 g/mol. The zero-order valence-corrected chi connectivity index (χ0v) is 9.11. The molecule has 0 aromatic heterocycles. The molecule has 3 atom stereocenters.